The molecule has 0 aliphatic heterocycles. The van der Waals surface area contributed by atoms with E-state index in [-0.39, 0.29) is 25.7 Å². The van der Waals surface area contributed by atoms with Crippen LogP contribution in [0.2, 0.25) is 0 Å². The summed E-state index contributed by atoms with van der Waals surface area (Å²) < 4.78 is 68.7. The van der Waals surface area contributed by atoms with Gasteiger partial charge in [0.25, 0.3) is 0 Å². The van der Waals surface area contributed by atoms with Crippen molar-refractivity contribution in [1.29, 1.82) is 0 Å². The molecular formula is C85H152O17P2. The number of unbranched alkanes of at least 4 members (excludes halogenated alkanes) is 39. The third-order valence-electron chi connectivity index (χ3n) is 17.8. The molecule has 2 unspecified atom stereocenters. The first kappa shape index (κ1) is 100. The highest BCUT2D eigenvalue weighted by Gasteiger charge is 2.30. The predicted molar refractivity (Wildman–Crippen MR) is 427 cm³/mol. The second-order valence-corrected chi connectivity index (χ2v) is 30.9. The van der Waals surface area contributed by atoms with Crippen molar-refractivity contribution in [1.82, 2.24) is 0 Å². The van der Waals surface area contributed by atoms with Crippen molar-refractivity contribution in [2.24, 2.45) is 0 Å². The van der Waals surface area contributed by atoms with Crippen LogP contribution in [0.5, 0.6) is 0 Å². The van der Waals surface area contributed by atoms with Crippen LogP contribution in [0.15, 0.2) is 85.1 Å². The Labute approximate surface area is 634 Å². The molecule has 19 heteroatoms. The number of phosphoric ester groups is 2. The molecule has 5 atom stereocenters. The molecular weight excluding hydrogens is 1350 g/mol. The van der Waals surface area contributed by atoms with Gasteiger partial charge in [-0.25, -0.2) is 9.13 Å². The number of ether oxygens (including phenoxy) is 4. The van der Waals surface area contributed by atoms with Gasteiger partial charge >= 0.3 is 39.5 Å². The third-order valence-corrected chi connectivity index (χ3v) is 19.7. The molecule has 0 rings (SSSR count). The monoisotopic (exact) mass is 1510 g/mol. The number of aliphatic hydroxyl groups excluding tert-OH is 1. The fraction of sp³-hybridized carbons (Fsp3) is 0.788. The van der Waals surface area contributed by atoms with E-state index >= 15 is 0 Å². The summed E-state index contributed by atoms with van der Waals surface area (Å²) in [6, 6.07) is 0. The molecule has 3 N–H and O–H groups in total. The van der Waals surface area contributed by atoms with Crippen molar-refractivity contribution < 1.29 is 80.2 Å². The normalized spacial score (nSPS) is 14.3. The van der Waals surface area contributed by atoms with Gasteiger partial charge in [-0.15, -0.1) is 0 Å². The summed E-state index contributed by atoms with van der Waals surface area (Å²) in [6.07, 6.45) is 81.2. The summed E-state index contributed by atoms with van der Waals surface area (Å²) >= 11 is 0. The first-order chi connectivity index (χ1) is 50.7. The standard InChI is InChI=1S/C85H152O17P2/c1-5-9-13-17-21-25-29-33-37-38-39-40-44-48-52-56-60-64-68-72-85(90)102-81(76-96-83(88)70-66-62-58-54-50-46-42-35-31-27-23-19-15-11-7-3)78-100-104(93,94)98-74-79(86)73-97-103(91,92)99-77-80(101-84(89)71-67-63-59-55-51-47-43-36-32-28-24-20-16-12-8-4)75-95-82(87)69-65-61-57-53-49-45-41-34-30-26-22-18-14-10-6-2/h9,13,21,25,33,35-37,39-40,42-43,48,52,79-81,86H,5-8,10-12,14-20,22-24,26-32,34,38,41,44-47,49-51,53-78H2,1-4H3,(H,91,92)(H,93,94)/b13-9-,25-21-,37-33-,40-39-,42-35-,43-36-,52-48-/t79-,80+,81+/m0/s1. The number of allylic oxidation sites excluding steroid dienone is 14. The molecule has 0 aromatic rings. The molecule has 104 heavy (non-hydrogen) atoms. The largest absolute Gasteiger partial charge is 0.472 e. The van der Waals surface area contributed by atoms with Gasteiger partial charge in [0.15, 0.2) is 12.2 Å². The Kier molecular flexibility index (Phi) is 74.6. The lowest BCUT2D eigenvalue weighted by Gasteiger charge is -2.21. The second-order valence-electron chi connectivity index (χ2n) is 28.0. The lowest BCUT2D eigenvalue weighted by atomic mass is 10.0. The summed E-state index contributed by atoms with van der Waals surface area (Å²) in [7, 11) is -9.97. The van der Waals surface area contributed by atoms with E-state index in [1.165, 1.54) is 148 Å². The Balaban J connectivity index is 5.39. The van der Waals surface area contributed by atoms with Gasteiger partial charge in [0.1, 0.15) is 19.3 Å². The number of carbonyl (C=O) groups is 4. The summed E-state index contributed by atoms with van der Waals surface area (Å²) in [5.74, 6) is -2.20. The fourth-order valence-electron chi connectivity index (χ4n) is 11.5. The van der Waals surface area contributed by atoms with Gasteiger partial charge in [-0.1, -0.05) is 312 Å². The van der Waals surface area contributed by atoms with Crippen LogP contribution < -0.4 is 0 Å². The van der Waals surface area contributed by atoms with Crippen LogP contribution in [0, 0.1) is 0 Å². The predicted octanol–water partition coefficient (Wildman–Crippen LogP) is 24.6. The molecule has 0 fully saturated rings. The van der Waals surface area contributed by atoms with E-state index in [4.69, 9.17) is 37.0 Å². The zero-order chi connectivity index (χ0) is 76.0. The van der Waals surface area contributed by atoms with E-state index in [1.807, 2.05) is 0 Å². The van der Waals surface area contributed by atoms with Crippen LogP contribution in [0.3, 0.4) is 0 Å². The topological polar surface area (TPSA) is 237 Å². The van der Waals surface area contributed by atoms with E-state index in [0.717, 1.165) is 148 Å². The summed E-state index contributed by atoms with van der Waals surface area (Å²) in [6.45, 7) is 4.77. The highest BCUT2D eigenvalue weighted by molar-refractivity contribution is 7.47. The molecule has 0 aliphatic rings. The minimum atomic E-state index is -4.99. The minimum absolute atomic E-state index is 0.0555. The number of hydrogen-bond acceptors (Lipinski definition) is 15. The number of phosphoric acid groups is 2. The van der Waals surface area contributed by atoms with Crippen molar-refractivity contribution in [2.45, 2.75) is 393 Å². The first-order valence-corrected chi connectivity index (χ1v) is 44.8. The van der Waals surface area contributed by atoms with E-state index in [9.17, 15) is 43.2 Å². The number of carbonyl (C=O) groups excluding carboxylic acids is 4. The van der Waals surface area contributed by atoms with Crippen LogP contribution in [-0.4, -0.2) is 96.7 Å². The van der Waals surface area contributed by atoms with Crippen molar-refractivity contribution in [3.63, 3.8) is 0 Å². The maximum atomic E-state index is 13.1. The highest BCUT2D eigenvalue weighted by atomic mass is 31.2. The average molecular weight is 1510 g/mol. The molecule has 0 aliphatic carbocycles. The summed E-state index contributed by atoms with van der Waals surface area (Å²) in [4.78, 5) is 73.1. The van der Waals surface area contributed by atoms with E-state index < -0.39 is 97.5 Å². The Morgan fingerprint density at radius 2 is 0.500 bits per heavy atom. The van der Waals surface area contributed by atoms with Crippen LogP contribution in [-0.2, 0) is 65.4 Å². The number of aliphatic hydroxyl groups is 1. The van der Waals surface area contributed by atoms with Crippen molar-refractivity contribution >= 4 is 39.5 Å². The fourth-order valence-corrected chi connectivity index (χ4v) is 13.1. The van der Waals surface area contributed by atoms with Crippen LogP contribution >= 0.6 is 15.6 Å². The quantitative estimate of drug-likeness (QED) is 0.0169. The number of rotatable bonds is 79. The summed E-state index contributed by atoms with van der Waals surface area (Å²) in [5, 5.41) is 10.7. The maximum Gasteiger partial charge on any atom is 0.472 e. The molecule has 0 saturated carbocycles. The van der Waals surface area contributed by atoms with Crippen LogP contribution in [0.1, 0.15) is 374 Å². The second kappa shape index (κ2) is 77.4. The molecule has 0 radical (unpaired) electrons. The van der Waals surface area contributed by atoms with E-state index in [0.29, 0.717) is 25.7 Å². The molecule has 0 saturated heterocycles. The van der Waals surface area contributed by atoms with Crippen molar-refractivity contribution in [3.8, 4) is 0 Å². The molecule has 604 valence electrons. The Bertz CT molecular complexity index is 2300. The molecule has 0 heterocycles. The molecule has 0 spiro atoms. The number of esters is 4. The van der Waals surface area contributed by atoms with Gasteiger partial charge in [-0.05, 0) is 122 Å². The minimum Gasteiger partial charge on any atom is -0.462 e. The smallest absolute Gasteiger partial charge is 0.462 e. The van der Waals surface area contributed by atoms with Gasteiger partial charge in [0.05, 0.1) is 26.4 Å². The van der Waals surface area contributed by atoms with Crippen molar-refractivity contribution in [3.05, 3.63) is 85.1 Å². The maximum absolute atomic E-state index is 13.1. The highest BCUT2D eigenvalue weighted by Crippen LogP contribution is 2.45. The summed E-state index contributed by atoms with van der Waals surface area (Å²) in [5.41, 5.74) is 0. The zero-order valence-corrected chi connectivity index (χ0v) is 68.0. The molecule has 0 amide bonds. The van der Waals surface area contributed by atoms with E-state index in [1.54, 1.807) is 0 Å². The number of hydrogen-bond donors (Lipinski definition) is 3. The van der Waals surface area contributed by atoms with Crippen molar-refractivity contribution in [2.75, 3.05) is 39.6 Å². The Hall–Kier alpha value is -3.76. The molecule has 0 aromatic carbocycles. The Morgan fingerprint density at radius 3 is 0.788 bits per heavy atom. The van der Waals surface area contributed by atoms with Gasteiger partial charge in [0, 0.05) is 25.7 Å². The van der Waals surface area contributed by atoms with Crippen LogP contribution in [0.4, 0.5) is 0 Å². The third kappa shape index (κ3) is 76.4. The lowest BCUT2D eigenvalue weighted by molar-refractivity contribution is -0.161. The average Bonchev–Trinajstić information content (AvgIpc) is 0.943. The van der Waals surface area contributed by atoms with Gasteiger partial charge in [0.2, 0.25) is 0 Å². The van der Waals surface area contributed by atoms with Gasteiger partial charge in [-0.2, -0.15) is 0 Å². The zero-order valence-electron chi connectivity index (χ0n) is 66.2. The SMILES string of the molecule is CC/C=C\C/C=C\C/C=C\C/C=C\C/C=C\CCCCCC(=O)O[C@H](COC(=O)CCCCCCC/C=C\CCCCCCCC)COP(=O)(O)OC[C@@H](O)COP(=O)(O)OC[C@@H](COC(=O)CCCCCCCCCCCCCCCCC)OC(=O)CCCCCCC/C=C\CCCCCCCC. The van der Waals surface area contributed by atoms with Crippen LogP contribution in [0.25, 0.3) is 0 Å². The lowest BCUT2D eigenvalue weighted by Crippen LogP contribution is -2.30. The molecule has 0 bridgehead atoms. The molecule has 0 aromatic heterocycles. The van der Waals surface area contributed by atoms with Gasteiger partial charge in [-0.3, -0.25) is 37.3 Å². The van der Waals surface area contributed by atoms with Gasteiger partial charge < -0.3 is 33.8 Å². The molecule has 17 nitrogen and oxygen atoms in total. The Morgan fingerprint density at radius 1 is 0.279 bits per heavy atom. The van der Waals surface area contributed by atoms with E-state index in [2.05, 4.69) is 113 Å². The first-order valence-electron chi connectivity index (χ1n) is 41.8.